The normalized spacial score (nSPS) is 24.4. The lowest BCUT2D eigenvalue weighted by molar-refractivity contribution is -0.126. The lowest BCUT2D eigenvalue weighted by atomic mass is 10.0. The van der Waals surface area contributed by atoms with Gasteiger partial charge in [-0.2, -0.15) is 0 Å². The zero-order valence-electron chi connectivity index (χ0n) is 13.0. The topological polar surface area (TPSA) is 38.8 Å². The van der Waals surface area contributed by atoms with Crippen LogP contribution in [0.25, 0.3) is 0 Å². The van der Waals surface area contributed by atoms with Crippen molar-refractivity contribution in [1.29, 1.82) is 0 Å². The van der Waals surface area contributed by atoms with E-state index in [1.54, 1.807) is 0 Å². The molecule has 114 valence electrons. The molecule has 0 bridgehead atoms. The van der Waals surface area contributed by atoms with Gasteiger partial charge in [-0.1, -0.05) is 0 Å². The minimum absolute atomic E-state index is 0.162. The second-order valence-corrected chi connectivity index (χ2v) is 6.70. The minimum atomic E-state index is -0.191. The summed E-state index contributed by atoms with van der Waals surface area (Å²) in [7, 11) is 0. The molecule has 1 atom stereocenters. The van der Waals surface area contributed by atoms with Crippen LogP contribution in [0.15, 0.2) is 18.2 Å². The van der Waals surface area contributed by atoms with Crippen molar-refractivity contribution >= 4 is 5.78 Å². The van der Waals surface area contributed by atoms with Gasteiger partial charge in [0.25, 0.3) is 0 Å². The second-order valence-electron chi connectivity index (χ2n) is 6.70. The Labute approximate surface area is 126 Å². The van der Waals surface area contributed by atoms with Crippen LogP contribution in [0.3, 0.4) is 0 Å². The standard InChI is InChI=1S/C17H23NO3/c1-12-9-18(11-17(2,3)21-12)10-15(19)13-4-5-16-14(8-13)6-7-20-16/h4-5,8,12H,6-7,9-11H2,1-3H3. The van der Waals surface area contributed by atoms with Gasteiger partial charge in [0.1, 0.15) is 5.75 Å². The van der Waals surface area contributed by atoms with E-state index in [9.17, 15) is 4.79 Å². The number of fused-ring (bicyclic) bond motifs is 1. The summed E-state index contributed by atoms with van der Waals surface area (Å²) in [5.74, 6) is 1.10. The first-order valence-corrected chi connectivity index (χ1v) is 7.62. The predicted molar refractivity (Wildman–Crippen MR) is 81.0 cm³/mol. The van der Waals surface area contributed by atoms with E-state index in [1.165, 1.54) is 0 Å². The van der Waals surface area contributed by atoms with Crippen molar-refractivity contribution < 1.29 is 14.3 Å². The van der Waals surface area contributed by atoms with Crippen molar-refractivity contribution in [2.24, 2.45) is 0 Å². The van der Waals surface area contributed by atoms with Crippen LogP contribution < -0.4 is 4.74 Å². The Kier molecular flexibility index (Phi) is 3.76. The van der Waals surface area contributed by atoms with Gasteiger partial charge in [0.2, 0.25) is 0 Å². The van der Waals surface area contributed by atoms with Gasteiger partial charge in [0, 0.05) is 25.1 Å². The molecule has 2 aliphatic rings. The molecule has 1 aromatic rings. The van der Waals surface area contributed by atoms with Crippen molar-refractivity contribution in [3.05, 3.63) is 29.3 Å². The summed E-state index contributed by atoms with van der Waals surface area (Å²) in [5, 5.41) is 0. The number of rotatable bonds is 3. The first kappa shape index (κ1) is 14.5. The molecule has 1 saturated heterocycles. The molecule has 1 fully saturated rings. The Morgan fingerprint density at radius 3 is 3.00 bits per heavy atom. The molecule has 21 heavy (non-hydrogen) atoms. The first-order valence-electron chi connectivity index (χ1n) is 7.62. The summed E-state index contributed by atoms with van der Waals surface area (Å²) in [6.07, 6.45) is 1.06. The zero-order chi connectivity index (χ0) is 15.0. The molecule has 4 heteroatoms. The zero-order valence-corrected chi connectivity index (χ0v) is 13.0. The number of morpholine rings is 1. The van der Waals surface area contributed by atoms with Crippen molar-refractivity contribution in [3.8, 4) is 5.75 Å². The van der Waals surface area contributed by atoms with Crippen molar-refractivity contribution in [2.75, 3.05) is 26.2 Å². The number of carbonyl (C=O) groups is 1. The monoisotopic (exact) mass is 289 g/mol. The van der Waals surface area contributed by atoms with Crippen LogP contribution in [0, 0.1) is 0 Å². The maximum atomic E-state index is 12.5. The first-order chi connectivity index (χ1) is 9.93. The van der Waals surface area contributed by atoms with E-state index in [0.717, 1.165) is 43.0 Å². The van der Waals surface area contributed by atoms with Crippen molar-refractivity contribution in [1.82, 2.24) is 4.90 Å². The average molecular weight is 289 g/mol. The minimum Gasteiger partial charge on any atom is -0.493 e. The number of ether oxygens (including phenoxy) is 2. The van der Waals surface area contributed by atoms with Gasteiger partial charge < -0.3 is 9.47 Å². The molecule has 0 N–H and O–H groups in total. The van der Waals surface area contributed by atoms with Gasteiger partial charge in [0.05, 0.1) is 24.9 Å². The van der Waals surface area contributed by atoms with Gasteiger partial charge in [-0.25, -0.2) is 0 Å². The molecule has 4 nitrogen and oxygen atoms in total. The summed E-state index contributed by atoms with van der Waals surface area (Å²) < 4.78 is 11.4. The summed E-state index contributed by atoms with van der Waals surface area (Å²) in [4.78, 5) is 14.7. The quantitative estimate of drug-likeness (QED) is 0.800. The van der Waals surface area contributed by atoms with Crippen LogP contribution in [0.1, 0.15) is 36.7 Å². The average Bonchev–Trinajstić information content (AvgIpc) is 2.82. The van der Waals surface area contributed by atoms with E-state index in [2.05, 4.69) is 25.7 Å². The molecule has 0 spiro atoms. The van der Waals surface area contributed by atoms with Crippen molar-refractivity contribution in [3.63, 3.8) is 0 Å². The third-order valence-corrected chi connectivity index (χ3v) is 4.02. The highest BCUT2D eigenvalue weighted by molar-refractivity contribution is 5.98. The Balaban J connectivity index is 1.69. The molecule has 0 aromatic heterocycles. The lowest BCUT2D eigenvalue weighted by Crippen LogP contribution is -2.53. The van der Waals surface area contributed by atoms with Crippen LogP contribution in [0.4, 0.5) is 0 Å². The predicted octanol–water partition coefficient (Wildman–Crippen LogP) is 2.30. The third-order valence-electron chi connectivity index (χ3n) is 4.02. The van der Waals surface area contributed by atoms with Gasteiger partial charge in [-0.3, -0.25) is 9.69 Å². The fourth-order valence-electron chi connectivity index (χ4n) is 3.36. The molecule has 2 heterocycles. The largest absolute Gasteiger partial charge is 0.493 e. The van der Waals surface area contributed by atoms with Gasteiger partial charge in [-0.15, -0.1) is 0 Å². The van der Waals surface area contributed by atoms with E-state index < -0.39 is 0 Å². The lowest BCUT2D eigenvalue weighted by Gasteiger charge is -2.41. The number of Topliss-reactive ketones (excluding diaryl/α,β-unsaturated/α-hetero) is 1. The summed E-state index contributed by atoms with van der Waals surface area (Å²) >= 11 is 0. The molecule has 3 rings (SSSR count). The Hall–Kier alpha value is -1.39. The Morgan fingerprint density at radius 2 is 2.24 bits per heavy atom. The maximum Gasteiger partial charge on any atom is 0.176 e. The van der Waals surface area contributed by atoms with Crippen LogP contribution in [-0.4, -0.2) is 48.6 Å². The van der Waals surface area contributed by atoms with Crippen LogP contribution in [-0.2, 0) is 11.2 Å². The number of carbonyl (C=O) groups excluding carboxylic acids is 1. The van der Waals surface area contributed by atoms with Crippen LogP contribution in [0.5, 0.6) is 5.75 Å². The fraction of sp³-hybridized carbons (Fsp3) is 0.588. The van der Waals surface area contributed by atoms with Crippen LogP contribution in [0.2, 0.25) is 0 Å². The maximum absolute atomic E-state index is 12.5. The smallest absolute Gasteiger partial charge is 0.176 e. The highest BCUT2D eigenvalue weighted by Crippen LogP contribution is 2.26. The molecule has 0 saturated carbocycles. The van der Waals surface area contributed by atoms with Gasteiger partial charge >= 0.3 is 0 Å². The number of hydrogen-bond donors (Lipinski definition) is 0. The second kappa shape index (κ2) is 5.43. The summed E-state index contributed by atoms with van der Waals surface area (Å²) in [6, 6.07) is 5.78. The van der Waals surface area contributed by atoms with E-state index in [1.807, 2.05) is 18.2 Å². The van der Waals surface area contributed by atoms with Crippen LogP contribution >= 0.6 is 0 Å². The molecule has 0 aliphatic carbocycles. The molecule has 0 radical (unpaired) electrons. The highest BCUT2D eigenvalue weighted by atomic mass is 16.5. The van der Waals surface area contributed by atoms with E-state index in [0.29, 0.717) is 6.54 Å². The Bertz CT molecular complexity index is 553. The molecule has 0 amide bonds. The molecule has 2 aliphatic heterocycles. The molecular formula is C17H23NO3. The molecule has 1 unspecified atom stereocenters. The summed E-state index contributed by atoms with van der Waals surface area (Å²) in [5.41, 5.74) is 1.75. The van der Waals surface area contributed by atoms with Crippen molar-refractivity contribution in [2.45, 2.75) is 38.9 Å². The SMILES string of the molecule is CC1CN(CC(=O)c2ccc3c(c2)CCO3)CC(C)(C)O1. The van der Waals surface area contributed by atoms with Gasteiger partial charge in [-0.05, 0) is 44.5 Å². The summed E-state index contributed by atoms with van der Waals surface area (Å²) in [6.45, 7) is 8.99. The third kappa shape index (κ3) is 3.27. The van der Waals surface area contributed by atoms with Gasteiger partial charge in [0.15, 0.2) is 5.78 Å². The van der Waals surface area contributed by atoms with E-state index in [-0.39, 0.29) is 17.5 Å². The molecule has 1 aromatic carbocycles. The fourth-order valence-corrected chi connectivity index (χ4v) is 3.36. The number of nitrogens with zero attached hydrogens (tertiary/aromatic N) is 1. The van der Waals surface area contributed by atoms with E-state index in [4.69, 9.17) is 9.47 Å². The number of hydrogen-bond acceptors (Lipinski definition) is 4. The number of benzene rings is 1. The number of ketones is 1. The molecular weight excluding hydrogens is 266 g/mol. The highest BCUT2D eigenvalue weighted by Gasteiger charge is 2.32. The van der Waals surface area contributed by atoms with E-state index >= 15 is 0 Å². The Morgan fingerprint density at radius 1 is 1.43 bits per heavy atom.